The number of hydrogen-bond donors (Lipinski definition) is 0. The van der Waals surface area contributed by atoms with Crippen molar-refractivity contribution in [3.8, 4) is 0 Å². The van der Waals surface area contributed by atoms with Gasteiger partial charge in [0.25, 0.3) is 5.69 Å². The molecule has 3 rings (SSSR count). The van der Waals surface area contributed by atoms with Crippen LogP contribution in [-0.2, 0) is 0 Å². The Bertz CT molecular complexity index is 956. The summed E-state index contributed by atoms with van der Waals surface area (Å²) < 4.78 is 14.6. The molecule has 2 aromatic carbocycles. The van der Waals surface area contributed by atoms with E-state index in [2.05, 4.69) is 11.8 Å². The molecule has 1 heterocycles. The van der Waals surface area contributed by atoms with Crippen molar-refractivity contribution in [2.75, 3.05) is 37.6 Å². The van der Waals surface area contributed by atoms with E-state index in [0.717, 1.165) is 32.7 Å². The first-order valence-corrected chi connectivity index (χ1v) is 9.70. The molecule has 0 amide bonds. The largest absolute Gasteiger partial charge is 0.367 e. The summed E-state index contributed by atoms with van der Waals surface area (Å²) in [7, 11) is 0. The van der Waals surface area contributed by atoms with Gasteiger partial charge in [-0.2, -0.15) is 0 Å². The molecule has 0 radical (unpaired) electrons. The smallest absolute Gasteiger partial charge is 0.288 e. The summed E-state index contributed by atoms with van der Waals surface area (Å²) in [6.07, 6.45) is 2.71. The highest BCUT2D eigenvalue weighted by molar-refractivity contribution is 6.32. The third-order valence-electron chi connectivity index (χ3n) is 4.99. The lowest BCUT2D eigenvalue weighted by Gasteiger charge is -2.35. The van der Waals surface area contributed by atoms with Gasteiger partial charge in [-0.1, -0.05) is 30.7 Å². The number of nitro groups is 1. The van der Waals surface area contributed by atoms with E-state index < -0.39 is 10.7 Å². The van der Waals surface area contributed by atoms with Crippen molar-refractivity contribution in [3.63, 3.8) is 0 Å². The third kappa shape index (κ3) is 4.99. The standard InChI is InChI=1S/C21H21ClFN3O3/c1-2-24-9-11-25(12-10-24)19-7-5-16(14-18(19)23)21(27)8-4-15-3-6-17(22)20(13-15)26(28)29/h3-8,13-14H,2,9-12H2,1H3/b8-4+. The van der Waals surface area contributed by atoms with Crippen molar-refractivity contribution in [2.24, 2.45) is 0 Å². The number of rotatable bonds is 6. The Labute approximate surface area is 173 Å². The average Bonchev–Trinajstić information content (AvgIpc) is 2.72. The van der Waals surface area contributed by atoms with Crippen LogP contribution in [0.1, 0.15) is 22.8 Å². The number of carbonyl (C=O) groups is 1. The Balaban J connectivity index is 1.72. The zero-order valence-electron chi connectivity index (χ0n) is 16.0. The Hall–Kier alpha value is -2.77. The van der Waals surface area contributed by atoms with Gasteiger partial charge in [-0.25, -0.2) is 4.39 Å². The van der Waals surface area contributed by atoms with Gasteiger partial charge in [-0.15, -0.1) is 0 Å². The van der Waals surface area contributed by atoms with Gasteiger partial charge >= 0.3 is 0 Å². The van der Waals surface area contributed by atoms with Gasteiger partial charge in [0.15, 0.2) is 5.78 Å². The highest BCUT2D eigenvalue weighted by Gasteiger charge is 2.19. The number of ketones is 1. The number of allylic oxidation sites excluding steroid dienone is 1. The number of anilines is 1. The first kappa shape index (κ1) is 21.0. The van der Waals surface area contributed by atoms with Crippen LogP contribution >= 0.6 is 11.6 Å². The van der Waals surface area contributed by atoms with E-state index in [1.54, 1.807) is 18.2 Å². The highest BCUT2D eigenvalue weighted by atomic mass is 35.5. The van der Waals surface area contributed by atoms with E-state index in [0.29, 0.717) is 11.3 Å². The van der Waals surface area contributed by atoms with Gasteiger partial charge in [-0.05, 0) is 42.4 Å². The third-order valence-corrected chi connectivity index (χ3v) is 5.31. The minimum Gasteiger partial charge on any atom is -0.367 e. The minimum absolute atomic E-state index is 0.0240. The van der Waals surface area contributed by atoms with Gasteiger partial charge in [0.05, 0.1) is 10.6 Å². The molecular weight excluding hydrogens is 397 g/mol. The molecule has 1 aliphatic heterocycles. The quantitative estimate of drug-likeness (QED) is 0.301. The van der Waals surface area contributed by atoms with Crippen molar-refractivity contribution < 1.29 is 14.1 Å². The van der Waals surface area contributed by atoms with Crippen LogP contribution in [0.3, 0.4) is 0 Å². The molecule has 29 heavy (non-hydrogen) atoms. The second-order valence-electron chi connectivity index (χ2n) is 6.75. The van der Waals surface area contributed by atoms with E-state index in [-0.39, 0.29) is 22.1 Å². The fourth-order valence-corrected chi connectivity index (χ4v) is 3.45. The summed E-state index contributed by atoms with van der Waals surface area (Å²) in [5.74, 6) is -0.819. The monoisotopic (exact) mass is 417 g/mol. The zero-order chi connectivity index (χ0) is 21.0. The lowest BCUT2D eigenvalue weighted by atomic mass is 10.1. The molecule has 152 valence electrons. The predicted octanol–water partition coefficient (Wildman–Crippen LogP) is 4.43. The zero-order valence-corrected chi connectivity index (χ0v) is 16.7. The van der Waals surface area contributed by atoms with Crippen molar-refractivity contribution >= 4 is 34.8 Å². The van der Waals surface area contributed by atoms with Gasteiger partial charge in [0, 0.05) is 37.8 Å². The van der Waals surface area contributed by atoms with Crippen LogP contribution in [-0.4, -0.2) is 48.3 Å². The molecule has 0 atom stereocenters. The van der Waals surface area contributed by atoms with Crippen LogP contribution in [0.25, 0.3) is 6.08 Å². The number of piperazine rings is 1. The van der Waals surface area contributed by atoms with E-state index in [1.807, 2.05) is 4.90 Å². The first-order chi connectivity index (χ1) is 13.9. The minimum atomic E-state index is -0.587. The number of benzene rings is 2. The summed E-state index contributed by atoms with van der Waals surface area (Å²) in [6, 6.07) is 8.71. The number of halogens is 2. The molecule has 0 aliphatic carbocycles. The molecule has 0 saturated carbocycles. The fraction of sp³-hybridized carbons (Fsp3) is 0.286. The summed E-state index contributed by atoms with van der Waals surface area (Å²) in [5, 5.41) is 11.0. The maximum atomic E-state index is 14.6. The van der Waals surface area contributed by atoms with E-state index >= 15 is 0 Å². The maximum Gasteiger partial charge on any atom is 0.288 e. The SMILES string of the molecule is CCN1CCN(c2ccc(C(=O)/C=C/c3ccc(Cl)c([N+](=O)[O-])c3)cc2F)CC1. The van der Waals surface area contributed by atoms with Gasteiger partial charge in [0.2, 0.25) is 0 Å². The highest BCUT2D eigenvalue weighted by Crippen LogP contribution is 2.26. The Morgan fingerprint density at radius 2 is 1.93 bits per heavy atom. The lowest BCUT2D eigenvalue weighted by Crippen LogP contribution is -2.46. The molecule has 6 nitrogen and oxygen atoms in total. The Kier molecular flexibility index (Phi) is 6.61. The maximum absolute atomic E-state index is 14.6. The predicted molar refractivity (Wildman–Crippen MR) is 112 cm³/mol. The van der Waals surface area contributed by atoms with Crippen LogP contribution in [0.4, 0.5) is 15.8 Å². The van der Waals surface area contributed by atoms with Crippen LogP contribution in [0.5, 0.6) is 0 Å². The molecule has 2 aromatic rings. The number of likely N-dealkylation sites (N-methyl/N-ethyl adjacent to an activating group) is 1. The van der Waals surface area contributed by atoms with E-state index in [1.165, 1.54) is 30.4 Å². The lowest BCUT2D eigenvalue weighted by molar-refractivity contribution is -0.384. The molecule has 1 fully saturated rings. The normalized spacial score (nSPS) is 15.1. The van der Waals surface area contributed by atoms with E-state index in [4.69, 9.17) is 11.6 Å². The molecule has 8 heteroatoms. The molecule has 0 spiro atoms. The summed E-state index contributed by atoms with van der Waals surface area (Å²) in [6.45, 7) is 6.33. The molecule has 0 aromatic heterocycles. The van der Waals surface area contributed by atoms with Gasteiger partial charge < -0.3 is 9.80 Å². The second kappa shape index (κ2) is 9.15. The number of nitro benzene ring substituents is 1. The molecule has 0 bridgehead atoms. The topological polar surface area (TPSA) is 66.7 Å². The number of carbonyl (C=O) groups excluding carboxylic acids is 1. The van der Waals surface area contributed by atoms with Crippen LogP contribution < -0.4 is 4.90 Å². The molecule has 1 saturated heterocycles. The molecule has 1 aliphatic rings. The fourth-order valence-electron chi connectivity index (χ4n) is 3.26. The number of hydrogen-bond acceptors (Lipinski definition) is 5. The van der Waals surface area contributed by atoms with Crippen molar-refractivity contribution in [2.45, 2.75) is 6.92 Å². The van der Waals surface area contributed by atoms with Crippen molar-refractivity contribution in [1.29, 1.82) is 0 Å². The molecule has 0 unspecified atom stereocenters. The summed E-state index contributed by atoms with van der Waals surface area (Å²) >= 11 is 5.78. The van der Waals surface area contributed by atoms with Crippen LogP contribution in [0.15, 0.2) is 42.5 Å². The number of nitrogens with zero attached hydrogens (tertiary/aromatic N) is 3. The van der Waals surface area contributed by atoms with Crippen molar-refractivity contribution in [3.05, 3.63) is 74.6 Å². The first-order valence-electron chi connectivity index (χ1n) is 9.32. The average molecular weight is 418 g/mol. The summed E-state index contributed by atoms with van der Waals surface area (Å²) in [5.41, 5.74) is 0.938. The van der Waals surface area contributed by atoms with Gasteiger partial charge in [0.1, 0.15) is 10.8 Å². The van der Waals surface area contributed by atoms with Crippen LogP contribution in [0.2, 0.25) is 5.02 Å². The molecule has 0 N–H and O–H groups in total. The van der Waals surface area contributed by atoms with Crippen molar-refractivity contribution in [1.82, 2.24) is 4.90 Å². The Morgan fingerprint density at radius 1 is 1.21 bits per heavy atom. The molecular formula is C21H21ClFN3O3. The van der Waals surface area contributed by atoms with E-state index in [9.17, 15) is 19.3 Å². The van der Waals surface area contributed by atoms with Crippen LogP contribution in [0, 0.1) is 15.9 Å². The second-order valence-corrected chi connectivity index (χ2v) is 7.16. The Morgan fingerprint density at radius 3 is 2.55 bits per heavy atom. The van der Waals surface area contributed by atoms with Gasteiger partial charge in [-0.3, -0.25) is 14.9 Å². The summed E-state index contributed by atoms with van der Waals surface area (Å²) in [4.78, 5) is 27.0.